The van der Waals surface area contributed by atoms with E-state index in [2.05, 4.69) is 9.97 Å². The lowest BCUT2D eigenvalue weighted by atomic mass is 10.00. The molecular formula is C27H26F3N3O2S. The monoisotopic (exact) mass is 513 g/mol. The number of carbonyl (C=O) groups excluding carboxylic acids is 1. The van der Waals surface area contributed by atoms with Crippen molar-refractivity contribution >= 4 is 33.3 Å². The van der Waals surface area contributed by atoms with Crippen molar-refractivity contribution in [2.45, 2.75) is 39.0 Å². The van der Waals surface area contributed by atoms with Crippen LogP contribution >= 0.6 is 11.3 Å². The van der Waals surface area contributed by atoms with Gasteiger partial charge < -0.3 is 9.64 Å². The molecule has 0 bridgehead atoms. The zero-order valence-electron chi connectivity index (χ0n) is 20.6. The lowest BCUT2D eigenvalue weighted by Gasteiger charge is -2.19. The molecule has 188 valence electrons. The Balaban J connectivity index is 1.69. The molecule has 4 rings (SSSR count). The molecule has 9 heteroatoms. The van der Waals surface area contributed by atoms with Crippen molar-refractivity contribution in [1.82, 2.24) is 9.97 Å². The van der Waals surface area contributed by atoms with E-state index in [9.17, 15) is 18.0 Å². The second-order valence-corrected chi connectivity index (χ2v) is 10.7. The van der Waals surface area contributed by atoms with E-state index in [0.717, 1.165) is 17.4 Å². The molecular weight excluding hydrogens is 487 g/mol. The lowest BCUT2D eigenvalue weighted by Crippen LogP contribution is -2.24. The summed E-state index contributed by atoms with van der Waals surface area (Å²) in [5.41, 5.74) is 0.960. The highest BCUT2D eigenvalue weighted by Crippen LogP contribution is 2.42. The Morgan fingerprint density at radius 1 is 1.00 bits per heavy atom. The highest BCUT2D eigenvalue weighted by molar-refractivity contribution is 7.21. The Kier molecular flexibility index (Phi) is 6.79. The SMILES string of the molecule is CN(C)c1ccc(-c2ccc(-c3nc4ccc(CC(=O)OC(C)(C)C)cc4s3)c(C(F)(F)F)c2)cn1. The Bertz CT molecular complexity index is 1400. The van der Waals surface area contributed by atoms with Crippen LogP contribution in [0.25, 0.3) is 31.9 Å². The lowest BCUT2D eigenvalue weighted by molar-refractivity contribution is -0.153. The topological polar surface area (TPSA) is 55.3 Å². The van der Waals surface area contributed by atoms with Gasteiger partial charge >= 0.3 is 12.1 Å². The maximum atomic E-state index is 14.1. The summed E-state index contributed by atoms with van der Waals surface area (Å²) < 4.78 is 48.4. The van der Waals surface area contributed by atoms with Gasteiger partial charge in [0.2, 0.25) is 0 Å². The molecule has 2 aromatic heterocycles. The van der Waals surface area contributed by atoms with Crippen LogP contribution in [0.1, 0.15) is 31.9 Å². The predicted molar refractivity (Wildman–Crippen MR) is 137 cm³/mol. The number of halogens is 3. The highest BCUT2D eigenvalue weighted by Gasteiger charge is 2.35. The number of hydrogen-bond acceptors (Lipinski definition) is 6. The molecule has 0 unspecified atom stereocenters. The normalized spacial score (nSPS) is 12.1. The molecule has 0 aliphatic carbocycles. The van der Waals surface area contributed by atoms with Gasteiger partial charge in [-0.25, -0.2) is 9.97 Å². The Hall–Kier alpha value is -3.46. The third-order valence-electron chi connectivity index (χ3n) is 5.32. The number of carbonyl (C=O) groups is 1. The van der Waals surface area contributed by atoms with E-state index in [0.29, 0.717) is 32.7 Å². The van der Waals surface area contributed by atoms with Crippen LogP contribution < -0.4 is 4.90 Å². The number of nitrogens with zero attached hydrogens (tertiary/aromatic N) is 3. The number of ether oxygens (including phenoxy) is 1. The van der Waals surface area contributed by atoms with Gasteiger partial charge in [0.15, 0.2) is 0 Å². The molecule has 0 aliphatic rings. The fraction of sp³-hybridized carbons (Fsp3) is 0.296. The zero-order valence-corrected chi connectivity index (χ0v) is 21.4. The number of hydrogen-bond donors (Lipinski definition) is 0. The molecule has 5 nitrogen and oxygen atoms in total. The van der Waals surface area contributed by atoms with E-state index in [1.807, 2.05) is 19.0 Å². The van der Waals surface area contributed by atoms with Crippen LogP contribution in [-0.2, 0) is 22.1 Å². The second kappa shape index (κ2) is 9.54. The molecule has 2 aromatic carbocycles. The number of alkyl halides is 3. The van der Waals surface area contributed by atoms with Crippen molar-refractivity contribution < 1.29 is 22.7 Å². The summed E-state index contributed by atoms with van der Waals surface area (Å²) in [4.78, 5) is 22.8. The minimum Gasteiger partial charge on any atom is -0.460 e. The van der Waals surface area contributed by atoms with Crippen LogP contribution in [0, 0.1) is 0 Å². The summed E-state index contributed by atoms with van der Waals surface area (Å²) in [7, 11) is 3.69. The van der Waals surface area contributed by atoms with Crippen LogP contribution in [0.2, 0.25) is 0 Å². The molecule has 0 fully saturated rings. The summed E-state index contributed by atoms with van der Waals surface area (Å²) in [6.45, 7) is 5.38. The number of anilines is 1. The second-order valence-electron chi connectivity index (χ2n) is 9.64. The third kappa shape index (κ3) is 5.84. The van der Waals surface area contributed by atoms with Crippen LogP contribution in [0.3, 0.4) is 0 Å². The average Bonchev–Trinajstić information content (AvgIpc) is 3.20. The maximum absolute atomic E-state index is 14.1. The molecule has 0 N–H and O–H groups in total. The summed E-state index contributed by atoms with van der Waals surface area (Å²) >= 11 is 1.16. The first-order valence-corrected chi connectivity index (χ1v) is 12.1. The van der Waals surface area contributed by atoms with Gasteiger partial charge in [0.05, 0.1) is 22.2 Å². The summed E-state index contributed by atoms with van der Waals surface area (Å²) in [5.74, 6) is 0.349. The molecule has 0 amide bonds. The number of esters is 1. The maximum Gasteiger partial charge on any atom is 0.417 e. The molecule has 0 saturated carbocycles. The molecule has 4 aromatic rings. The molecule has 0 saturated heterocycles. The molecule has 0 atom stereocenters. The van der Waals surface area contributed by atoms with Crippen LogP contribution in [-0.4, -0.2) is 35.6 Å². The smallest absolute Gasteiger partial charge is 0.417 e. The van der Waals surface area contributed by atoms with Gasteiger partial charge in [-0.05, 0) is 62.2 Å². The van der Waals surface area contributed by atoms with E-state index in [-0.39, 0.29) is 23.0 Å². The third-order valence-corrected chi connectivity index (χ3v) is 6.37. The van der Waals surface area contributed by atoms with Gasteiger partial charge in [0, 0.05) is 31.4 Å². The average molecular weight is 514 g/mol. The Labute approximate surface area is 211 Å². The predicted octanol–water partition coefficient (Wildman–Crippen LogP) is 6.99. The number of thiazole rings is 1. The van der Waals surface area contributed by atoms with Crippen molar-refractivity contribution in [2.75, 3.05) is 19.0 Å². The quantitative estimate of drug-likeness (QED) is 0.269. The van der Waals surface area contributed by atoms with Gasteiger partial charge in [0.25, 0.3) is 0 Å². The minimum absolute atomic E-state index is 0.0130. The van der Waals surface area contributed by atoms with Crippen molar-refractivity contribution in [1.29, 1.82) is 0 Å². The van der Waals surface area contributed by atoms with Crippen LogP contribution in [0.5, 0.6) is 0 Å². The van der Waals surface area contributed by atoms with Crippen LogP contribution in [0.4, 0.5) is 19.0 Å². The van der Waals surface area contributed by atoms with Crippen molar-refractivity contribution in [3.05, 3.63) is 65.9 Å². The fourth-order valence-corrected chi connectivity index (χ4v) is 4.77. The number of pyridine rings is 1. The number of aromatic nitrogens is 2. The van der Waals surface area contributed by atoms with Crippen molar-refractivity contribution in [3.8, 4) is 21.7 Å². The summed E-state index contributed by atoms with van der Waals surface area (Å²) in [6.07, 6.45) is -2.93. The van der Waals surface area contributed by atoms with E-state index in [1.165, 1.54) is 6.07 Å². The summed E-state index contributed by atoms with van der Waals surface area (Å²) in [5, 5.41) is 0.263. The molecule has 0 aliphatic heterocycles. The fourth-order valence-electron chi connectivity index (χ4n) is 3.70. The largest absolute Gasteiger partial charge is 0.460 e. The van der Waals surface area contributed by atoms with Crippen molar-refractivity contribution in [3.63, 3.8) is 0 Å². The van der Waals surface area contributed by atoms with Gasteiger partial charge in [-0.3, -0.25) is 4.79 Å². The first kappa shape index (κ1) is 25.6. The van der Waals surface area contributed by atoms with Gasteiger partial charge in [-0.15, -0.1) is 11.3 Å². The van der Waals surface area contributed by atoms with E-state index in [1.54, 1.807) is 63.4 Å². The molecule has 36 heavy (non-hydrogen) atoms. The number of rotatable bonds is 5. The van der Waals surface area contributed by atoms with E-state index >= 15 is 0 Å². The van der Waals surface area contributed by atoms with Gasteiger partial charge in [0.1, 0.15) is 16.4 Å². The number of fused-ring (bicyclic) bond motifs is 1. The highest BCUT2D eigenvalue weighted by atomic mass is 32.1. The van der Waals surface area contributed by atoms with Gasteiger partial charge in [-0.2, -0.15) is 13.2 Å². The van der Waals surface area contributed by atoms with E-state index < -0.39 is 17.3 Å². The Morgan fingerprint density at radius 3 is 2.33 bits per heavy atom. The first-order valence-electron chi connectivity index (χ1n) is 11.3. The minimum atomic E-state index is -4.57. The summed E-state index contributed by atoms with van der Waals surface area (Å²) in [6, 6.07) is 13.0. The van der Waals surface area contributed by atoms with Crippen LogP contribution in [0.15, 0.2) is 54.7 Å². The molecule has 2 heterocycles. The van der Waals surface area contributed by atoms with Crippen molar-refractivity contribution in [2.24, 2.45) is 0 Å². The Morgan fingerprint density at radius 2 is 1.72 bits per heavy atom. The van der Waals surface area contributed by atoms with Gasteiger partial charge in [-0.1, -0.05) is 18.2 Å². The zero-order chi connectivity index (χ0) is 26.3. The number of benzene rings is 2. The molecule has 0 radical (unpaired) electrons. The van der Waals surface area contributed by atoms with E-state index in [4.69, 9.17) is 4.74 Å². The standard InChI is InChI=1S/C27H26F3N3O2S/c1-26(2,3)35-24(34)13-16-6-10-21-22(12-16)36-25(32-21)19-9-7-17(14-20(19)27(28,29)30)18-8-11-23(31-15-18)33(4)5/h6-12,14-15H,13H2,1-5H3. The first-order chi connectivity index (χ1) is 16.8. The molecule has 0 spiro atoms.